The van der Waals surface area contributed by atoms with Crippen LogP contribution in [0.2, 0.25) is 0 Å². The molecule has 0 aromatic heterocycles. The van der Waals surface area contributed by atoms with Crippen LogP contribution in [0.25, 0.3) is 0 Å². The predicted octanol–water partition coefficient (Wildman–Crippen LogP) is 0.582. The number of hydrogen-bond donors (Lipinski definition) is 2. The van der Waals surface area contributed by atoms with Crippen molar-refractivity contribution in [1.82, 2.24) is 9.62 Å². The first-order valence-corrected chi connectivity index (χ1v) is 8.25. The molecule has 2 rings (SSSR count). The van der Waals surface area contributed by atoms with E-state index in [4.69, 9.17) is 0 Å². The highest BCUT2D eigenvalue weighted by Gasteiger charge is 2.33. The second-order valence-corrected chi connectivity index (χ2v) is 7.44. The lowest BCUT2D eigenvalue weighted by Crippen LogP contribution is -2.45. The van der Waals surface area contributed by atoms with E-state index < -0.39 is 15.6 Å². The lowest BCUT2D eigenvalue weighted by molar-refractivity contribution is 0.0126. The molecular weight excluding hydrogens is 292 g/mol. The van der Waals surface area contributed by atoms with Crippen molar-refractivity contribution in [1.29, 1.82) is 0 Å². The molecule has 116 valence electrons. The van der Waals surface area contributed by atoms with Crippen LogP contribution in [0.15, 0.2) is 29.2 Å². The van der Waals surface area contributed by atoms with Gasteiger partial charge < -0.3 is 10.4 Å². The minimum atomic E-state index is -3.57. The highest BCUT2D eigenvalue weighted by molar-refractivity contribution is 7.89. The molecule has 1 aromatic carbocycles. The lowest BCUT2D eigenvalue weighted by Gasteiger charge is -2.34. The number of nitrogens with one attached hydrogen (secondary N) is 1. The van der Waals surface area contributed by atoms with Crippen LogP contribution in [0.3, 0.4) is 0 Å². The van der Waals surface area contributed by atoms with E-state index in [0.29, 0.717) is 31.5 Å². The number of benzene rings is 1. The lowest BCUT2D eigenvalue weighted by atomic mass is 9.95. The Bertz CT molecular complexity index is 613. The Kier molecular flexibility index (Phi) is 4.36. The summed E-state index contributed by atoms with van der Waals surface area (Å²) < 4.78 is 26.4. The first-order valence-electron chi connectivity index (χ1n) is 6.81. The normalized spacial score (nSPS) is 19.2. The van der Waals surface area contributed by atoms with E-state index in [1.54, 1.807) is 6.92 Å². The van der Waals surface area contributed by atoms with Gasteiger partial charge in [-0.15, -0.1) is 0 Å². The summed E-state index contributed by atoms with van der Waals surface area (Å²) in [5.74, 6) is -0.257. The van der Waals surface area contributed by atoms with Crippen LogP contribution < -0.4 is 5.32 Å². The summed E-state index contributed by atoms with van der Waals surface area (Å²) in [7, 11) is -2.05. The Morgan fingerprint density at radius 1 is 1.24 bits per heavy atom. The Morgan fingerprint density at radius 2 is 1.76 bits per heavy atom. The number of carbonyl (C=O) groups is 1. The Balaban J connectivity index is 2.18. The van der Waals surface area contributed by atoms with Gasteiger partial charge in [-0.3, -0.25) is 4.79 Å². The average molecular weight is 312 g/mol. The molecule has 7 heteroatoms. The summed E-state index contributed by atoms with van der Waals surface area (Å²) in [6.07, 6.45) is 0.838. The number of aliphatic hydroxyl groups is 1. The van der Waals surface area contributed by atoms with Gasteiger partial charge in [0.2, 0.25) is 10.0 Å². The van der Waals surface area contributed by atoms with Gasteiger partial charge in [-0.25, -0.2) is 8.42 Å². The molecule has 0 unspecified atom stereocenters. The zero-order valence-electron chi connectivity index (χ0n) is 12.2. The Hall–Kier alpha value is -1.44. The summed E-state index contributed by atoms with van der Waals surface area (Å²) in [6, 6.07) is 5.86. The van der Waals surface area contributed by atoms with Crippen molar-refractivity contribution in [2.75, 3.05) is 20.1 Å². The molecule has 21 heavy (non-hydrogen) atoms. The van der Waals surface area contributed by atoms with Gasteiger partial charge in [0, 0.05) is 25.7 Å². The molecule has 0 atom stereocenters. The van der Waals surface area contributed by atoms with Crippen LogP contribution in [-0.4, -0.2) is 49.5 Å². The van der Waals surface area contributed by atoms with E-state index in [1.165, 1.54) is 35.6 Å². The molecule has 0 aliphatic carbocycles. The average Bonchev–Trinajstić information content (AvgIpc) is 2.46. The monoisotopic (exact) mass is 312 g/mol. The third-order valence-corrected chi connectivity index (χ3v) is 5.69. The zero-order valence-corrected chi connectivity index (χ0v) is 13.0. The summed E-state index contributed by atoms with van der Waals surface area (Å²) in [5, 5.41) is 12.4. The molecule has 6 nitrogen and oxygen atoms in total. The zero-order chi connectivity index (χ0) is 15.7. The summed E-state index contributed by atoms with van der Waals surface area (Å²) in [4.78, 5) is 11.6. The standard InChI is InChI=1S/C14H20N2O4S/c1-14(18)7-9-16(10-8-14)21(19,20)12-5-3-11(4-6-12)13(17)15-2/h3-6,18H,7-10H2,1-2H3,(H,15,17). The molecule has 1 fully saturated rings. The first-order chi connectivity index (χ1) is 9.76. The van der Waals surface area contributed by atoms with Crippen molar-refractivity contribution < 1.29 is 18.3 Å². The van der Waals surface area contributed by atoms with E-state index in [2.05, 4.69) is 5.32 Å². The van der Waals surface area contributed by atoms with E-state index in [9.17, 15) is 18.3 Å². The maximum Gasteiger partial charge on any atom is 0.251 e. The number of carbonyl (C=O) groups excluding carboxylic acids is 1. The van der Waals surface area contributed by atoms with Crippen molar-refractivity contribution in [3.8, 4) is 0 Å². The quantitative estimate of drug-likeness (QED) is 0.855. The van der Waals surface area contributed by atoms with E-state index in [0.717, 1.165) is 0 Å². The van der Waals surface area contributed by atoms with E-state index >= 15 is 0 Å². The molecule has 1 amide bonds. The maximum atomic E-state index is 12.5. The number of rotatable bonds is 3. The van der Waals surface area contributed by atoms with Gasteiger partial charge in [0.15, 0.2) is 0 Å². The Labute approximate surface area is 124 Å². The summed E-state index contributed by atoms with van der Waals surface area (Å²) >= 11 is 0. The highest BCUT2D eigenvalue weighted by atomic mass is 32.2. The molecule has 1 aliphatic rings. The van der Waals surface area contributed by atoms with Gasteiger partial charge in [-0.2, -0.15) is 4.31 Å². The van der Waals surface area contributed by atoms with Crippen LogP contribution in [0.5, 0.6) is 0 Å². The molecule has 0 saturated carbocycles. The first kappa shape index (κ1) is 15.9. The second-order valence-electron chi connectivity index (χ2n) is 5.50. The number of nitrogens with zero attached hydrogens (tertiary/aromatic N) is 1. The fourth-order valence-electron chi connectivity index (χ4n) is 2.28. The minimum Gasteiger partial charge on any atom is -0.390 e. The SMILES string of the molecule is CNC(=O)c1ccc(S(=O)(=O)N2CCC(C)(O)CC2)cc1. The van der Waals surface area contributed by atoms with Gasteiger partial charge >= 0.3 is 0 Å². The molecular formula is C14H20N2O4S. The molecule has 1 saturated heterocycles. The minimum absolute atomic E-state index is 0.164. The summed E-state index contributed by atoms with van der Waals surface area (Å²) in [5.41, 5.74) is -0.382. The molecule has 1 aliphatic heterocycles. The topological polar surface area (TPSA) is 86.7 Å². The van der Waals surface area contributed by atoms with Gasteiger partial charge in [-0.1, -0.05) is 0 Å². The van der Waals surface area contributed by atoms with Crippen LogP contribution in [0.1, 0.15) is 30.1 Å². The van der Waals surface area contributed by atoms with Crippen LogP contribution in [0, 0.1) is 0 Å². The second kappa shape index (κ2) is 5.75. The molecule has 2 N–H and O–H groups in total. The van der Waals surface area contributed by atoms with Crippen molar-refractivity contribution >= 4 is 15.9 Å². The largest absolute Gasteiger partial charge is 0.390 e. The molecule has 0 spiro atoms. The maximum absolute atomic E-state index is 12.5. The number of amides is 1. The Morgan fingerprint density at radius 3 is 2.24 bits per heavy atom. The van der Waals surface area contributed by atoms with Crippen molar-refractivity contribution in [2.45, 2.75) is 30.3 Å². The van der Waals surface area contributed by atoms with E-state index in [-0.39, 0.29) is 10.8 Å². The number of hydrogen-bond acceptors (Lipinski definition) is 4. The third-order valence-electron chi connectivity index (χ3n) is 3.78. The van der Waals surface area contributed by atoms with Crippen LogP contribution in [0.4, 0.5) is 0 Å². The molecule has 1 heterocycles. The number of piperidine rings is 1. The summed E-state index contributed by atoms with van der Waals surface area (Å²) in [6.45, 7) is 2.31. The van der Waals surface area contributed by atoms with Crippen molar-refractivity contribution in [3.05, 3.63) is 29.8 Å². The molecule has 0 bridgehead atoms. The smallest absolute Gasteiger partial charge is 0.251 e. The van der Waals surface area contributed by atoms with Crippen molar-refractivity contribution in [3.63, 3.8) is 0 Å². The van der Waals surface area contributed by atoms with Gasteiger partial charge in [-0.05, 0) is 44.0 Å². The molecule has 0 radical (unpaired) electrons. The van der Waals surface area contributed by atoms with Gasteiger partial charge in [0.1, 0.15) is 0 Å². The van der Waals surface area contributed by atoms with Crippen molar-refractivity contribution in [2.24, 2.45) is 0 Å². The van der Waals surface area contributed by atoms with Gasteiger partial charge in [0.05, 0.1) is 10.5 Å². The van der Waals surface area contributed by atoms with E-state index in [1.807, 2.05) is 0 Å². The fraction of sp³-hybridized carbons (Fsp3) is 0.500. The number of sulfonamides is 1. The van der Waals surface area contributed by atoms with Gasteiger partial charge in [0.25, 0.3) is 5.91 Å². The highest BCUT2D eigenvalue weighted by Crippen LogP contribution is 2.26. The third kappa shape index (κ3) is 3.42. The van der Waals surface area contributed by atoms with Crippen LogP contribution >= 0.6 is 0 Å². The fourth-order valence-corrected chi connectivity index (χ4v) is 3.72. The van der Waals surface area contributed by atoms with Crippen LogP contribution in [-0.2, 0) is 10.0 Å². The molecule has 1 aromatic rings. The predicted molar refractivity (Wildman–Crippen MR) is 78.4 cm³/mol.